The molecule has 16 aliphatic heterocycles. The molecule has 0 N–H and O–H groups in total. The Morgan fingerprint density at radius 3 is 2.11 bits per heavy atom. The molecular weight excluding hydrogens is 1050 g/mol. The van der Waals surface area contributed by atoms with Gasteiger partial charge in [0.1, 0.15) is 60.5 Å². The van der Waals surface area contributed by atoms with Gasteiger partial charge in [-0.2, -0.15) is 0 Å². The van der Waals surface area contributed by atoms with E-state index in [4.69, 9.17) is 75.8 Å². The van der Waals surface area contributed by atoms with Crippen LogP contribution in [0.15, 0.2) is 24.3 Å². The van der Waals surface area contributed by atoms with Gasteiger partial charge >= 0.3 is 5.97 Å². The average molecular weight is 1150 g/mol. The fourth-order valence-corrected chi connectivity index (χ4v) is 19.1. The normalized spacial score (nSPS) is 56.5. The first-order valence-electron chi connectivity index (χ1n) is 32.4. The molecule has 0 aromatic carbocycles. The van der Waals surface area contributed by atoms with Crippen molar-refractivity contribution in [1.29, 1.82) is 0 Å². The first kappa shape index (κ1) is 56.8. The minimum absolute atomic E-state index is 0.00546. The minimum atomic E-state index is -0.981. The monoisotopic (exact) mass is 1150 g/mol. The fraction of sp³-hybridized carbons (Fsp3) is 0.922. The second-order valence-corrected chi connectivity index (χ2v) is 29.7. The molecule has 16 rings (SSSR count). The lowest BCUT2D eigenvalue weighted by molar-refractivity contribution is -0.392. The Kier molecular flexibility index (Phi) is 14.5. The van der Waals surface area contributed by atoms with E-state index in [2.05, 4.69) is 80.6 Å². The molecule has 82 heavy (non-hydrogen) atoms. The lowest BCUT2D eigenvalue weighted by atomic mass is 9.80. The van der Waals surface area contributed by atoms with Crippen LogP contribution in [0.3, 0.4) is 0 Å². The summed E-state index contributed by atoms with van der Waals surface area (Å²) in [7, 11) is 4.29. The molecule has 0 aromatic rings. The second kappa shape index (κ2) is 21.0. The Morgan fingerprint density at radius 1 is 0.561 bits per heavy atom. The SMILES string of the molecule is C=C1CC2CCC34CC5(C)OC6C(O3)C3OC(CCC3OC6C5O4)CC(=O)OC3C(CC4OC(CCC1O2)CC(C)C4=C)OC1OC2OC4(CC2OC1C3C)CC1OC2(CC(C)C3OC(C(C)CC(C)CN(C)C)CC3O2)CC(C)C1O4. The molecule has 3 spiro atoms. The Hall–Kier alpha value is -1.69. The van der Waals surface area contributed by atoms with Gasteiger partial charge in [-0.1, -0.05) is 54.7 Å². The predicted octanol–water partition coefficient (Wildman–Crippen LogP) is 7.98. The van der Waals surface area contributed by atoms with Crippen LogP contribution in [0.5, 0.6) is 0 Å². The quantitative estimate of drug-likeness (QED) is 0.192. The zero-order valence-corrected chi connectivity index (χ0v) is 50.2. The van der Waals surface area contributed by atoms with E-state index in [1.807, 2.05) is 0 Å². The van der Waals surface area contributed by atoms with Gasteiger partial charge in [0.25, 0.3) is 0 Å². The zero-order valence-electron chi connectivity index (χ0n) is 50.2. The largest absolute Gasteiger partial charge is 0.459 e. The number of hydrogen-bond acceptors (Lipinski definition) is 18. The molecule has 0 amide bonds. The van der Waals surface area contributed by atoms with E-state index in [0.717, 1.165) is 75.5 Å². The molecule has 16 fully saturated rings. The smallest absolute Gasteiger partial charge is 0.308 e. The second-order valence-electron chi connectivity index (χ2n) is 29.7. The van der Waals surface area contributed by atoms with Gasteiger partial charge in [-0.25, -0.2) is 0 Å². The van der Waals surface area contributed by atoms with Crippen molar-refractivity contribution in [2.24, 2.45) is 35.5 Å². The van der Waals surface area contributed by atoms with Gasteiger partial charge in [-0.15, -0.1) is 0 Å². The highest BCUT2D eigenvalue weighted by Crippen LogP contribution is 2.60. The minimum Gasteiger partial charge on any atom is -0.459 e. The van der Waals surface area contributed by atoms with Crippen LogP contribution >= 0.6 is 0 Å². The molecule has 18 heteroatoms. The van der Waals surface area contributed by atoms with Crippen LogP contribution in [0.1, 0.15) is 158 Å². The van der Waals surface area contributed by atoms with E-state index in [1.165, 1.54) is 0 Å². The number of ether oxygens (including phenoxy) is 16. The summed E-state index contributed by atoms with van der Waals surface area (Å²) in [6.07, 6.45) is 4.80. The van der Waals surface area contributed by atoms with Crippen LogP contribution in [0.2, 0.25) is 0 Å². The summed E-state index contributed by atoms with van der Waals surface area (Å²) in [6.45, 7) is 25.9. The molecule has 12 bridgehead atoms. The van der Waals surface area contributed by atoms with Gasteiger partial charge < -0.3 is 80.7 Å². The maximum Gasteiger partial charge on any atom is 0.308 e. The summed E-state index contributed by atoms with van der Waals surface area (Å²) in [5.41, 5.74) is 1.59. The highest BCUT2D eigenvalue weighted by atomic mass is 16.9. The number of carbonyl (C=O) groups is 1. The number of nitrogens with zero attached hydrogens (tertiary/aromatic N) is 1. The molecule has 32 atom stereocenters. The number of carbonyl (C=O) groups excluding carboxylic acids is 1. The van der Waals surface area contributed by atoms with Crippen molar-refractivity contribution < 1.29 is 80.6 Å². The molecule has 0 aliphatic carbocycles. The van der Waals surface area contributed by atoms with Crippen LogP contribution in [-0.2, 0) is 80.6 Å². The van der Waals surface area contributed by atoms with E-state index in [9.17, 15) is 4.79 Å². The molecule has 16 heterocycles. The molecule has 18 nitrogen and oxygen atoms in total. The summed E-state index contributed by atoms with van der Waals surface area (Å²) < 4.78 is 111. The van der Waals surface area contributed by atoms with Crippen LogP contribution in [0.4, 0.5) is 0 Å². The highest BCUT2D eigenvalue weighted by Gasteiger charge is 2.73. The number of esters is 1. The molecule has 16 saturated heterocycles. The molecule has 0 radical (unpaired) electrons. The summed E-state index contributed by atoms with van der Waals surface area (Å²) in [5.74, 6) is -1.58. The van der Waals surface area contributed by atoms with Crippen LogP contribution in [0.25, 0.3) is 0 Å². The Labute approximate surface area is 485 Å². The van der Waals surface area contributed by atoms with E-state index in [1.54, 1.807) is 0 Å². The Bertz CT molecular complexity index is 2450. The van der Waals surface area contributed by atoms with E-state index in [0.29, 0.717) is 56.8 Å². The van der Waals surface area contributed by atoms with Crippen molar-refractivity contribution in [3.63, 3.8) is 0 Å². The number of rotatable bonds is 5. The predicted molar refractivity (Wildman–Crippen MR) is 293 cm³/mol. The Balaban J connectivity index is 0.649. The van der Waals surface area contributed by atoms with E-state index >= 15 is 0 Å². The first-order chi connectivity index (χ1) is 39.2. The maximum atomic E-state index is 14.6. The fourth-order valence-electron chi connectivity index (χ4n) is 19.1. The van der Waals surface area contributed by atoms with Gasteiger partial charge in [-0.05, 0) is 113 Å². The number of fused-ring (bicyclic) bond motifs is 10. The molecular formula is C64H95NO17. The molecule has 0 saturated carbocycles. The van der Waals surface area contributed by atoms with Gasteiger partial charge in [0.2, 0.25) is 0 Å². The highest BCUT2D eigenvalue weighted by molar-refractivity contribution is 5.70. The van der Waals surface area contributed by atoms with Gasteiger partial charge in [0, 0.05) is 63.8 Å². The lowest BCUT2D eigenvalue weighted by Crippen LogP contribution is -2.62. The van der Waals surface area contributed by atoms with Crippen molar-refractivity contribution in [1.82, 2.24) is 4.90 Å². The lowest BCUT2D eigenvalue weighted by Gasteiger charge is -2.51. The number of hydrogen-bond donors (Lipinski definition) is 0. The molecule has 458 valence electrons. The van der Waals surface area contributed by atoms with Gasteiger partial charge in [-0.3, -0.25) is 4.79 Å². The summed E-state index contributed by atoms with van der Waals surface area (Å²) in [4.78, 5) is 16.9. The first-order valence-corrected chi connectivity index (χ1v) is 32.4. The maximum absolute atomic E-state index is 14.6. The van der Waals surface area contributed by atoms with Crippen molar-refractivity contribution in [3.8, 4) is 0 Å². The standard InChI is InChI=1S/C64H95NO17/c1-30(28-65(10)11)18-32(3)43-22-46-50(71-43)34(5)24-63(76-46)25-35(6)51-47(77-63)26-64(79-51)27-48-59(82-64)75-60-53(72-48)37(8)52-45(73-60)23-44-36(7)31(2)19-38(68-44)12-14-41-33(4)20-40(67-41)16-17-62-29-61(9)58(81-62)57-56(78-61)55(80-62)54-42(70-57)15-13-39(69-54)21-49(66)74-52/h30-32,34-35,37-48,50-60H,4,7,12-29H2,1-3,5-6,8-11H3. The van der Waals surface area contributed by atoms with Crippen molar-refractivity contribution in [3.05, 3.63) is 24.3 Å². The van der Waals surface area contributed by atoms with Crippen molar-refractivity contribution >= 4 is 5.97 Å². The topological polar surface area (TPSA) is 168 Å². The van der Waals surface area contributed by atoms with Crippen molar-refractivity contribution in [2.75, 3.05) is 20.6 Å². The van der Waals surface area contributed by atoms with Gasteiger partial charge in [0.05, 0.1) is 73.6 Å². The third-order valence-corrected chi connectivity index (χ3v) is 22.8. The van der Waals surface area contributed by atoms with Crippen LogP contribution in [-0.4, -0.2) is 189 Å². The van der Waals surface area contributed by atoms with E-state index in [-0.39, 0.29) is 115 Å². The third-order valence-electron chi connectivity index (χ3n) is 22.8. The van der Waals surface area contributed by atoms with E-state index < -0.39 is 78.3 Å². The average Bonchev–Trinajstić information content (AvgIpc) is 1.85. The molecule has 32 unspecified atom stereocenters. The summed E-state index contributed by atoms with van der Waals surface area (Å²) in [6, 6.07) is 0. The third kappa shape index (κ3) is 9.91. The zero-order chi connectivity index (χ0) is 56.5. The van der Waals surface area contributed by atoms with Crippen molar-refractivity contribution in [2.45, 2.75) is 315 Å². The summed E-state index contributed by atoms with van der Waals surface area (Å²) >= 11 is 0. The molecule has 0 aromatic heterocycles. The van der Waals surface area contributed by atoms with Crippen LogP contribution < -0.4 is 0 Å². The Morgan fingerprint density at radius 2 is 1.28 bits per heavy atom. The van der Waals surface area contributed by atoms with Gasteiger partial charge in [0.15, 0.2) is 29.9 Å². The summed E-state index contributed by atoms with van der Waals surface area (Å²) in [5, 5.41) is 0. The molecule has 16 aliphatic rings. The van der Waals surface area contributed by atoms with Crippen LogP contribution in [0, 0.1) is 35.5 Å².